The summed E-state index contributed by atoms with van der Waals surface area (Å²) in [5.41, 5.74) is 0.927. The smallest absolute Gasteiger partial charge is 0.288 e. The Kier molecular flexibility index (Phi) is 5.24. The minimum atomic E-state index is -2.37. The summed E-state index contributed by atoms with van der Waals surface area (Å²) >= 11 is 5.67. The molecular weight excluding hydrogens is 352 g/mol. The molecule has 0 spiro atoms. The molecule has 0 bridgehead atoms. The average molecular weight is 364 g/mol. The molecule has 0 aliphatic heterocycles. The van der Waals surface area contributed by atoms with Gasteiger partial charge >= 0.3 is 0 Å². The van der Waals surface area contributed by atoms with Crippen molar-refractivity contribution in [1.29, 1.82) is 0 Å². The highest BCUT2D eigenvalue weighted by Gasteiger charge is 2.09. The number of rotatable bonds is 5. The highest BCUT2D eigenvalue weighted by molar-refractivity contribution is 9.11. The number of thioether (sulfide) groups is 1. The SMILES string of the molecule is CC(Nc1ccc(SC(F)F)cc1)c1ccc(Br)s1. The summed E-state index contributed by atoms with van der Waals surface area (Å²) in [6.07, 6.45) is 0. The normalized spacial score (nSPS) is 12.7. The molecule has 1 nitrogen and oxygen atoms in total. The lowest BCUT2D eigenvalue weighted by Gasteiger charge is -2.14. The van der Waals surface area contributed by atoms with E-state index in [-0.39, 0.29) is 6.04 Å². The second kappa shape index (κ2) is 6.72. The van der Waals surface area contributed by atoms with Crippen molar-refractivity contribution in [1.82, 2.24) is 0 Å². The molecule has 102 valence electrons. The Morgan fingerprint density at radius 2 is 1.84 bits per heavy atom. The van der Waals surface area contributed by atoms with E-state index in [1.165, 1.54) is 4.88 Å². The van der Waals surface area contributed by atoms with Crippen LogP contribution < -0.4 is 5.32 Å². The zero-order valence-corrected chi connectivity index (χ0v) is 13.3. The van der Waals surface area contributed by atoms with Gasteiger partial charge in [0.25, 0.3) is 5.76 Å². The molecule has 0 aliphatic carbocycles. The van der Waals surface area contributed by atoms with Crippen LogP contribution in [-0.2, 0) is 0 Å². The maximum atomic E-state index is 12.2. The van der Waals surface area contributed by atoms with Crippen molar-refractivity contribution in [2.24, 2.45) is 0 Å². The fraction of sp³-hybridized carbons (Fsp3) is 0.231. The molecule has 1 aromatic carbocycles. The summed E-state index contributed by atoms with van der Waals surface area (Å²) in [6.45, 7) is 2.07. The maximum Gasteiger partial charge on any atom is 0.288 e. The van der Waals surface area contributed by atoms with Crippen molar-refractivity contribution < 1.29 is 8.78 Å². The Labute approximate surface area is 127 Å². The van der Waals surface area contributed by atoms with Crippen LogP contribution in [0.5, 0.6) is 0 Å². The zero-order valence-electron chi connectivity index (χ0n) is 10.1. The predicted octanol–water partition coefficient (Wildman–Crippen LogP) is 6.00. The van der Waals surface area contributed by atoms with E-state index in [0.717, 1.165) is 9.47 Å². The molecule has 0 saturated carbocycles. The van der Waals surface area contributed by atoms with Crippen LogP contribution in [0.2, 0.25) is 0 Å². The number of anilines is 1. The molecule has 1 aromatic heterocycles. The quantitative estimate of drug-likeness (QED) is 0.653. The molecule has 2 aromatic rings. The fourth-order valence-corrected chi connectivity index (χ4v) is 3.54. The number of hydrogen-bond donors (Lipinski definition) is 1. The molecular formula is C13H12BrF2NS2. The second-order valence-corrected chi connectivity index (χ2v) is 7.47. The van der Waals surface area contributed by atoms with Crippen molar-refractivity contribution in [2.45, 2.75) is 23.6 Å². The molecule has 1 N–H and O–H groups in total. The van der Waals surface area contributed by atoms with E-state index in [1.807, 2.05) is 18.2 Å². The van der Waals surface area contributed by atoms with Gasteiger partial charge in [-0.25, -0.2) is 0 Å². The van der Waals surface area contributed by atoms with E-state index in [0.29, 0.717) is 16.7 Å². The van der Waals surface area contributed by atoms with Crippen LogP contribution in [0, 0.1) is 0 Å². The van der Waals surface area contributed by atoms with Crippen LogP contribution in [0.4, 0.5) is 14.5 Å². The minimum Gasteiger partial charge on any atom is -0.378 e. The van der Waals surface area contributed by atoms with Gasteiger partial charge in [-0.3, -0.25) is 0 Å². The van der Waals surface area contributed by atoms with Gasteiger partial charge in [-0.2, -0.15) is 8.78 Å². The molecule has 19 heavy (non-hydrogen) atoms. The molecule has 2 rings (SSSR count). The monoisotopic (exact) mass is 363 g/mol. The van der Waals surface area contributed by atoms with E-state index < -0.39 is 5.76 Å². The molecule has 0 fully saturated rings. The van der Waals surface area contributed by atoms with E-state index in [4.69, 9.17) is 0 Å². The van der Waals surface area contributed by atoms with Crippen LogP contribution in [0.3, 0.4) is 0 Å². The van der Waals surface area contributed by atoms with Crippen molar-refractivity contribution in [2.75, 3.05) is 5.32 Å². The minimum absolute atomic E-state index is 0.185. The fourth-order valence-electron chi connectivity index (χ4n) is 1.61. The number of nitrogens with one attached hydrogen (secondary N) is 1. The molecule has 0 aliphatic rings. The zero-order chi connectivity index (χ0) is 13.8. The van der Waals surface area contributed by atoms with Crippen LogP contribution in [0.1, 0.15) is 17.8 Å². The van der Waals surface area contributed by atoms with Gasteiger partial charge in [0.1, 0.15) is 0 Å². The van der Waals surface area contributed by atoms with Gasteiger partial charge in [0.05, 0.1) is 9.83 Å². The average Bonchev–Trinajstić information content (AvgIpc) is 2.78. The first kappa shape index (κ1) is 14.8. The standard InChI is InChI=1S/C13H12BrF2NS2/c1-8(11-6-7-12(14)19-11)17-9-2-4-10(5-3-9)18-13(15)16/h2-8,13,17H,1H3. The number of halogens is 3. The molecule has 1 heterocycles. The lowest BCUT2D eigenvalue weighted by atomic mass is 10.2. The van der Waals surface area contributed by atoms with E-state index in [9.17, 15) is 8.78 Å². The lowest BCUT2D eigenvalue weighted by Crippen LogP contribution is -2.04. The summed E-state index contributed by atoms with van der Waals surface area (Å²) < 4.78 is 25.5. The molecule has 1 atom stereocenters. The van der Waals surface area contributed by atoms with E-state index in [2.05, 4.69) is 34.2 Å². The van der Waals surface area contributed by atoms with Gasteiger partial charge < -0.3 is 5.32 Å². The van der Waals surface area contributed by atoms with Gasteiger partial charge in [-0.05, 0) is 59.3 Å². The van der Waals surface area contributed by atoms with Crippen LogP contribution in [0.15, 0.2) is 45.1 Å². The molecule has 1 unspecified atom stereocenters. The van der Waals surface area contributed by atoms with Crippen molar-refractivity contribution in [3.63, 3.8) is 0 Å². The highest BCUT2D eigenvalue weighted by atomic mass is 79.9. The van der Waals surface area contributed by atoms with Crippen LogP contribution >= 0.6 is 39.0 Å². The Bertz CT molecular complexity index is 528. The van der Waals surface area contributed by atoms with Crippen LogP contribution in [0.25, 0.3) is 0 Å². The first-order valence-corrected chi connectivity index (χ1v) is 8.10. The Morgan fingerprint density at radius 1 is 1.16 bits per heavy atom. The van der Waals surface area contributed by atoms with E-state index in [1.54, 1.807) is 23.5 Å². The third-order valence-corrected chi connectivity index (χ3v) is 5.01. The van der Waals surface area contributed by atoms with Crippen molar-refractivity contribution in [3.8, 4) is 0 Å². The summed E-state index contributed by atoms with van der Waals surface area (Å²) in [7, 11) is 0. The summed E-state index contributed by atoms with van der Waals surface area (Å²) in [5, 5.41) is 3.34. The number of thiophene rings is 1. The topological polar surface area (TPSA) is 12.0 Å². The summed E-state index contributed by atoms with van der Waals surface area (Å²) in [6, 6.07) is 11.3. The van der Waals surface area contributed by atoms with Gasteiger partial charge in [-0.1, -0.05) is 11.8 Å². The number of alkyl halides is 2. The van der Waals surface area contributed by atoms with Gasteiger partial charge in [-0.15, -0.1) is 11.3 Å². The van der Waals surface area contributed by atoms with Crippen molar-refractivity contribution >= 4 is 44.7 Å². The number of hydrogen-bond acceptors (Lipinski definition) is 3. The Balaban J connectivity index is 1.99. The molecule has 0 saturated heterocycles. The Morgan fingerprint density at radius 3 is 2.37 bits per heavy atom. The van der Waals surface area contributed by atoms with Gasteiger partial charge in [0.2, 0.25) is 0 Å². The largest absolute Gasteiger partial charge is 0.378 e. The molecule has 6 heteroatoms. The summed E-state index contributed by atoms with van der Waals surface area (Å²) in [5.74, 6) is -2.37. The van der Waals surface area contributed by atoms with E-state index >= 15 is 0 Å². The van der Waals surface area contributed by atoms with Crippen molar-refractivity contribution in [3.05, 3.63) is 45.1 Å². The van der Waals surface area contributed by atoms with Gasteiger partial charge in [0.15, 0.2) is 0 Å². The highest BCUT2D eigenvalue weighted by Crippen LogP contribution is 2.30. The first-order valence-electron chi connectivity index (χ1n) is 5.61. The second-order valence-electron chi connectivity index (χ2n) is 3.91. The summed E-state index contributed by atoms with van der Waals surface area (Å²) in [4.78, 5) is 1.80. The molecule has 0 amide bonds. The first-order chi connectivity index (χ1) is 9.04. The third kappa shape index (κ3) is 4.47. The predicted molar refractivity (Wildman–Crippen MR) is 82.4 cm³/mol. The lowest BCUT2D eigenvalue weighted by molar-refractivity contribution is 0.252. The van der Waals surface area contributed by atoms with Crippen LogP contribution in [-0.4, -0.2) is 5.76 Å². The molecule has 0 radical (unpaired) electrons. The third-order valence-electron chi connectivity index (χ3n) is 2.48. The van der Waals surface area contributed by atoms with Gasteiger partial charge in [0, 0.05) is 15.5 Å². The number of benzene rings is 1. The maximum absolute atomic E-state index is 12.2. The Hall–Kier alpha value is -0.590.